The van der Waals surface area contributed by atoms with Crippen LogP contribution in [0.2, 0.25) is 0 Å². The number of hydrogen-bond donors (Lipinski definition) is 3. The van der Waals surface area contributed by atoms with Crippen LogP contribution in [0.3, 0.4) is 0 Å². The summed E-state index contributed by atoms with van der Waals surface area (Å²) in [4.78, 5) is 150. The van der Waals surface area contributed by atoms with Crippen molar-refractivity contribution in [2.75, 3.05) is 79.3 Å². The first-order valence-electron chi connectivity index (χ1n) is 23.7. The molecule has 1 rings (SSSR count). The Morgan fingerprint density at radius 3 is 0.654 bits per heavy atom. The van der Waals surface area contributed by atoms with Crippen molar-refractivity contribution in [3.63, 3.8) is 0 Å². The summed E-state index contributed by atoms with van der Waals surface area (Å²) in [6, 6.07) is -3.03. The van der Waals surface area contributed by atoms with E-state index in [2.05, 4.69) is 62.0 Å². The fraction of sp³-hybridized carbons (Fsp3) is 0.490. The van der Waals surface area contributed by atoms with Gasteiger partial charge in [0.25, 0.3) is 0 Å². The number of carbonyl (C=O) groups excluding carboxylic acids is 12. The van der Waals surface area contributed by atoms with E-state index >= 15 is 0 Å². The molecule has 0 spiro atoms. The van der Waals surface area contributed by atoms with Gasteiger partial charge in [0, 0.05) is 73.5 Å². The van der Waals surface area contributed by atoms with Crippen molar-refractivity contribution in [3.8, 4) is 0 Å². The lowest BCUT2D eigenvalue weighted by Crippen LogP contribution is -2.55. The second-order valence-electron chi connectivity index (χ2n) is 17.2. The van der Waals surface area contributed by atoms with Crippen molar-refractivity contribution in [1.82, 2.24) is 16.0 Å². The SMILES string of the molecule is C=CC(=O)OCC(COC(=O)C=C)(COC(=O)C=C)COC(=O)NC1CC(NC(=O)OCC(COC(=O)C=C)(COC(=O)C=C)COC(=O)C=C)CC(NC(=O)OCC(COC(=O)C=C)(COC(=O)CC)COC(=O)CC)C1. The van der Waals surface area contributed by atoms with E-state index in [0.29, 0.717) is 0 Å². The second kappa shape index (κ2) is 35.5. The van der Waals surface area contributed by atoms with Gasteiger partial charge in [-0.25, -0.2) is 47.9 Å². The van der Waals surface area contributed by atoms with Crippen molar-refractivity contribution in [2.24, 2.45) is 16.2 Å². The van der Waals surface area contributed by atoms with E-state index in [1.54, 1.807) is 0 Å². The molecule has 0 aromatic heterocycles. The van der Waals surface area contributed by atoms with Gasteiger partial charge in [-0.3, -0.25) is 9.59 Å². The average molecular weight is 1110 g/mol. The molecule has 1 fully saturated rings. The highest BCUT2D eigenvalue weighted by molar-refractivity contribution is 5.84. The zero-order chi connectivity index (χ0) is 58.7. The maximum absolute atomic E-state index is 13.7. The number of nitrogens with one attached hydrogen (secondary N) is 3. The van der Waals surface area contributed by atoms with Gasteiger partial charge < -0.3 is 72.8 Å². The Bertz CT molecular complexity index is 1980. The summed E-state index contributed by atoms with van der Waals surface area (Å²) in [5, 5.41) is 7.80. The quantitative estimate of drug-likeness (QED) is 0.0461. The number of alkyl carbamates (subject to hydrolysis) is 3. The van der Waals surface area contributed by atoms with Crippen molar-refractivity contribution in [3.05, 3.63) is 88.6 Å². The fourth-order valence-electron chi connectivity index (χ4n) is 6.36. The summed E-state index contributed by atoms with van der Waals surface area (Å²) in [7, 11) is 0. The zero-order valence-corrected chi connectivity index (χ0v) is 43.5. The first kappa shape index (κ1) is 67.2. The Labute approximate surface area is 449 Å². The Hall–Kier alpha value is -8.78. The lowest BCUT2D eigenvalue weighted by molar-refractivity contribution is -0.164. The maximum atomic E-state index is 13.7. The Morgan fingerprint density at radius 1 is 0.321 bits per heavy atom. The minimum absolute atomic E-state index is 0.0729. The van der Waals surface area contributed by atoms with Gasteiger partial charge in [-0.2, -0.15) is 0 Å². The van der Waals surface area contributed by atoms with Crippen LogP contribution in [-0.2, 0) is 100.0 Å². The molecular formula is C51H67N3O24. The monoisotopic (exact) mass is 1110 g/mol. The molecule has 2 atom stereocenters. The molecule has 27 nitrogen and oxygen atoms in total. The molecule has 2 unspecified atom stereocenters. The highest BCUT2D eigenvalue weighted by atomic mass is 16.6. The van der Waals surface area contributed by atoms with Gasteiger partial charge in [0.1, 0.15) is 95.5 Å². The summed E-state index contributed by atoms with van der Waals surface area (Å²) < 4.78 is 63.5. The van der Waals surface area contributed by atoms with Crippen LogP contribution >= 0.6 is 0 Å². The number of amides is 3. The largest absolute Gasteiger partial charge is 0.465 e. The Balaban J connectivity index is 3.69. The molecule has 0 aliphatic heterocycles. The molecular weight excluding hydrogens is 1040 g/mol. The molecule has 27 heteroatoms. The third kappa shape index (κ3) is 26.6. The minimum Gasteiger partial charge on any atom is -0.465 e. The normalized spacial score (nSPS) is 14.7. The summed E-state index contributed by atoms with van der Waals surface area (Å²) in [5.74, 6) is -7.96. The molecule has 0 radical (unpaired) electrons. The van der Waals surface area contributed by atoms with Crippen LogP contribution < -0.4 is 16.0 Å². The van der Waals surface area contributed by atoms with Gasteiger partial charge in [-0.15, -0.1) is 0 Å². The van der Waals surface area contributed by atoms with Gasteiger partial charge in [0.15, 0.2) is 0 Å². The molecule has 3 N–H and O–H groups in total. The number of rotatable bonds is 36. The lowest BCUT2D eigenvalue weighted by atomic mass is 9.87. The summed E-state index contributed by atoms with van der Waals surface area (Å²) in [6.07, 6.45) is 1.78. The minimum atomic E-state index is -1.74. The molecule has 1 saturated carbocycles. The molecule has 78 heavy (non-hydrogen) atoms. The first-order chi connectivity index (χ1) is 37.0. The third-order valence-corrected chi connectivity index (χ3v) is 10.7. The van der Waals surface area contributed by atoms with E-state index in [9.17, 15) is 57.5 Å². The van der Waals surface area contributed by atoms with Gasteiger partial charge in [-0.05, 0) is 19.3 Å². The van der Waals surface area contributed by atoms with E-state index in [1.165, 1.54) is 13.8 Å². The molecule has 0 saturated heterocycles. The van der Waals surface area contributed by atoms with Gasteiger partial charge in [0.05, 0.1) is 0 Å². The van der Waals surface area contributed by atoms with Crippen LogP contribution in [0.5, 0.6) is 0 Å². The van der Waals surface area contributed by atoms with Crippen LogP contribution in [0.4, 0.5) is 14.4 Å². The van der Waals surface area contributed by atoms with E-state index < -0.39 is 186 Å². The summed E-state index contributed by atoms with van der Waals surface area (Å²) in [6.45, 7) is 18.4. The first-order valence-corrected chi connectivity index (χ1v) is 23.7. The molecule has 0 heterocycles. The van der Waals surface area contributed by atoms with E-state index in [1.807, 2.05) is 0 Å². The number of esters is 9. The van der Waals surface area contributed by atoms with E-state index in [4.69, 9.17) is 56.8 Å². The van der Waals surface area contributed by atoms with Crippen molar-refractivity contribution >= 4 is 72.0 Å². The van der Waals surface area contributed by atoms with Crippen molar-refractivity contribution in [2.45, 2.75) is 64.1 Å². The highest BCUT2D eigenvalue weighted by Crippen LogP contribution is 2.26. The standard InChI is InChI=1S/C51H67N3O24/c1-10-37(55)67-22-49(23-68-38(56)11-2,24-69-39(57)12-3)31-76-46(64)52-34-19-35(53-47(65)77-32-50(25-70-40(58)13-4,26-71-41(59)14-5)27-72-42(60)15-6)21-36(20-34)54-48(66)78-33-51(28-73-43(61)16-7,29-74-44(62)17-8)30-75-45(63)18-9/h10-16,34-36H,1-7,17-33H2,8-9H3,(H,52,64)(H,53,65)(H,54,66). The van der Waals surface area contributed by atoms with Crippen molar-refractivity contribution in [1.29, 1.82) is 0 Å². The molecule has 430 valence electrons. The number of carbonyl (C=O) groups is 12. The molecule has 3 amide bonds. The molecule has 0 aromatic carbocycles. The van der Waals surface area contributed by atoms with E-state index in [-0.39, 0.29) is 32.1 Å². The van der Waals surface area contributed by atoms with Crippen LogP contribution in [-0.4, -0.2) is 169 Å². The number of ether oxygens (including phenoxy) is 12. The van der Waals surface area contributed by atoms with Crippen LogP contribution in [0, 0.1) is 16.2 Å². The van der Waals surface area contributed by atoms with Gasteiger partial charge >= 0.3 is 72.0 Å². The predicted molar refractivity (Wildman–Crippen MR) is 267 cm³/mol. The fourth-order valence-corrected chi connectivity index (χ4v) is 6.36. The topological polar surface area (TPSA) is 352 Å². The molecule has 0 aromatic rings. The van der Waals surface area contributed by atoms with Crippen LogP contribution in [0.25, 0.3) is 0 Å². The van der Waals surface area contributed by atoms with E-state index in [0.717, 1.165) is 42.5 Å². The van der Waals surface area contributed by atoms with Gasteiger partial charge in [0.2, 0.25) is 0 Å². The van der Waals surface area contributed by atoms with Crippen LogP contribution in [0.15, 0.2) is 88.6 Å². The predicted octanol–water partition coefficient (Wildman–Crippen LogP) is 2.42. The molecule has 1 aliphatic rings. The van der Waals surface area contributed by atoms with Crippen molar-refractivity contribution < 1.29 is 114 Å². The molecule has 1 aliphatic carbocycles. The number of hydrogen-bond acceptors (Lipinski definition) is 24. The smallest absolute Gasteiger partial charge is 0.407 e. The highest BCUT2D eigenvalue weighted by Gasteiger charge is 2.42. The molecule has 0 bridgehead atoms. The van der Waals surface area contributed by atoms with Gasteiger partial charge in [-0.1, -0.05) is 59.9 Å². The summed E-state index contributed by atoms with van der Waals surface area (Å²) in [5.41, 5.74) is -5.13. The maximum Gasteiger partial charge on any atom is 0.407 e. The average Bonchev–Trinajstić information content (AvgIpc) is 3.45. The Kier molecular flexibility index (Phi) is 30.6. The Morgan fingerprint density at radius 2 is 0.487 bits per heavy atom. The third-order valence-electron chi connectivity index (χ3n) is 10.7. The zero-order valence-electron chi connectivity index (χ0n) is 43.5. The lowest BCUT2D eigenvalue weighted by Gasteiger charge is -2.36. The van der Waals surface area contributed by atoms with Crippen LogP contribution in [0.1, 0.15) is 46.0 Å². The summed E-state index contributed by atoms with van der Waals surface area (Å²) >= 11 is 0. The second-order valence-corrected chi connectivity index (χ2v) is 17.2.